The highest BCUT2D eigenvalue weighted by Crippen LogP contribution is 2.19. The van der Waals surface area contributed by atoms with Crippen LogP contribution in [0, 0.1) is 0 Å². The van der Waals surface area contributed by atoms with Gasteiger partial charge < -0.3 is 5.11 Å². The van der Waals surface area contributed by atoms with Gasteiger partial charge in [0.2, 0.25) is 10.0 Å². The quantitative estimate of drug-likeness (QED) is 0.719. The lowest BCUT2D eigenvalue weighted by atomic mass is 10.1. The van der Waals surface area contributed by atoms with Crippen LogP contribution in [0.3, 0.4) is 0 Å². The van der Waals surface area contributed by atoms with E-state index in [1.807, 2.05) is 30.3 Å². The summed E-state index contributed by atoms with van der Waals surface area (Å²) in [5.74, 6) is -0.863. The van der Waals surface area contributed by atoms with Crippen LogP contribution in [0.15, 0.2) is 65.6 Å². The van der Waals surface area contributed by atoms with E-state index in [0.29, 0.717) is 32.6 Å². The van der Waals surface area contributed by atoms with Crippen molar-refractivity contribution in [2.24, 2.45) is 0 Å². The number of benzene rings is 2. The van der Waals surface area contributed by atoms with E-state index >= 15 is 0 Å². The van der Waals surface area contributed by atoms with Crippen LogP contribution in [-0.2, 0) is 21.2 Å². The molecule has 29 heavy (non-hydrogen) atoms. The van der Waals surface area contributed by atoms with Crippen molar-refractivity contribution in [2.45, 2.75) is 17.7 Å². The van der Waals surface area contributed by atoms with Gasteiger partial charge in [0.1, 0.15) is 0 Å². The van der Waals surface area contributed by atoms with Crippen molar-refractivity contribution in [1.82, 2.24) is 9.21 Å². The first-order chi connectivity index (χ1) is 13.9. The monoisotopic (exact) mass is 414 g/mol. The minimum absolute atomic E-state index is 0.0345. The van der Waals surface area contributed by atoms with Gasteiger partial charge in [0.05, 0.1) is 4.90 Å². The molecule has 2 aromatic carbocycles. The fourth-order valence-corrected chi connectivity index (χ4v) is 4.71. The van der Waals surface area contributed by atoms with Crippen molar-refractivity contribution < 1.29 is 18.3 Å². The number of hydrogen-bond acceptors (Lipinski definition) is 4. The van der Waals surface area contributed by atoms with Gasteiger partial charge in [0.25, 0.3) is 0 Å². The number of carboxylic acid groups (broad SMARTS) is 1. The van der Waals surface area contributed by atoms with Crippen molar-refractivity contribution in [3.8, 4) is 0 Å². The maximum absolute atomic E-state index is 12.9. The summed E-state index contributed by atoms with van der Waals surface area (Å²) >= 11 is 0. The van der Waals surface area contributed by atoms with E-state index < -0.39 is 16.0 Å². The number of aryl methyl sites for hydroxylation is 1. The van der Waals surface area contributed by atoms with E-state index in [9.17, 15) is 13.2 Å². The molecule has 0 aromatic heterocycles. The Morgan fingerprint density at radius 3 is 2.24 bits per heavy atom. The SMILES string of the molecule is O=C(O)CCc1ccc(S(=O)(=O)N2CCN(C/C=C/c3ccccc3)CC2)cc1. The Labute approximate surface area is 172 Å². The average Bonchev–Trinajstić information content (AvgIpc) is 2.74. The van der Waals surface area contributed by atoms with Gasteiger partial charge in [0.15, 0.2) is 0 Å². The number of nitrogens with zero attached hydrogens (tertiary/aromatic N) is 2. The number of hydrogen-bond donors (Lipinski definition) is 1. The fraction of sp³-hybridized carbons (Fsp3) is 0.318. The molecule has 0 unspecified atom stereocenters. The van der Waals surface area contributed by atoms with E-state index in [1.165, 1.54) is 4.31 Å². The number of carboxylic acids is 1. The summed E-state index contributed by atoms with van der Waals surface area (Å²) in [7, 11) is -3.52. The van der Waals surface area contributed by atoms with Crippen LogP contribution in [0.25, 0.3) is 6.08 Å². The van der Waals surface area contributed by atoms with Crippen LogP contribution in [0.1, 0.15) is 17.5 Å². The van der Waals surface area contributed by atoms with E-state index in [-0.39, 0.29) is 11.3 Å². The summed E-state index contributed by atoms with van der Waals surface area (Å²) in [6.07, 6.45) is 4.61. The van der Waals surface area contributed by atoms with Crippen LogP contribution in [0.2, 0.25) is 0 Å². The van der Waals surface area contributed by atoms with Gasteiger partial charge in [0, 0.05) is 39.1 Å². The minimum atomic E-state index is -3.52. The zero-order valence-electron chi connectivity index (χ0n) is 16.3. The lowest BCUT2D eigenvalue weighted by Gasteiger charge is -2.33. The molecule has 0 aliphatic carbocycles. The van der Waals surface area contributed by atoms with Crippen LogP contribution < -0.4 is 0 Å². The van der Waals surface area contributed by atoms with Gasteiger partial charge in [-0.25, -0.2) is 8.42 Å². The molecular formula is C22H26N2O4S. The van der Waals surface area contributed by atoms with Gasteiger partial charge in [-0.1, -0.05) is 54.6 Å². The Bertz CT molecular complexity index is 933. The molecule has 6 nitrogen and oxygen atoms in total. The molecule has 7 heteroatoms. The largest absolute Gasteiger partial charge is 0.481 e. The molecule has 0 spiro atoms. The third-order valence-corrected chi connectivity index (χ3v) is 6.91. The number of sulfonamides is 1. The predicted molar refractivity (Wildman–Crippen MR) is 113 cm³/mol. The second-order valence-corrected chi connectivity index (χ2v) is 8.99. The molecule has 1 saturated heterocycles. The van der Waals surface area contributed by atoms with Crippen LogP contribution in [0.5, 0.6) is 0 Å². The molecule has 1 heterocycles. The van der Waals surface area contributed by atoms with E-state index in [2.05, 4.69) is 17.1 Å². The highest BCUT2D eigenvalue weighted by Gasteiger charge is 2.28. The van der Waals surface area contributed by atoms with Crippen LogP contribution >= 0.6 is 0 Å². The molecule has 1 fully saturated rings. The summed E-state index contributed by atoms with van der Waals surface area (Å²) in [4.78, 5) is 13.2. The first-order valence-electron chi connectivity index (χ1n) is 9.70. The molecule has 2 aromatic rings. The molecule has 1 aliphatic rings. The Hall–Kier alpha value is -2.48. The summed E-state index contributed by atoms with van der Waals surface area (Å²) in [6, 6.07) is 16.6. The molecule has 0 atom stereocenters. The molecule has 0 amide bonds. The molecule has 154 valence electrons. The lowest BCUT2D eigenvalue weighted by Crippen LogP contribution is -2.48. The van der Waals surface area contributed by atoms with Crippen molar-refractivity contribution in [2.75, 3.05) is 32.7 Å². The van der Waals surface area contributed by atoms with Gasteiger partial charge in [-0.3, -0.25) is 9.69 Å². The minimum Gasteiger partial charge on any atom is -0.481 e. The Morgan fingerprint density at radius 1 is 0.966 bits per heavy atom. The highest BCUT2D eigenvalue weighted by molar-refractivity contribution is 7.89. The Kier molecular flexibility index (Phi) is 7.19. The third kappa shape index (κ3) is 6.00. The van der Waals surface area contributed by atoms with E-state index in [4.69, 9.17) is 5.11 Å². The maximum Gasteiger partial charge on any atom is 0.303 e. The van der Waals surface area contributed by atoms with E-state index in [0.717, 1.165) is 17.7 Å². The zero-order chi connectivity index (χ0) is 20.7. The van der Waals surface area contributed by atoms with Gasteiger partial charge in [-0.15, -0.1) is 0 Å². The average molecular weight is 415 g/mol. The molecule has 1 N–H and O–H groups in total. The van der Waals surface area contributed by atoms with Crippen molar-refractivity contribution >= 4 is 22.1 Å². The summed E-state index contributed by atoms with van der Waals surface area (Å²) < 4.78 is 27.3. The smallest absolute Gasteiger partial charge is 0.303 e. The molecule has 0 saturated carbocycles. The molecule has 0 radical (unpaired) electrons. The van der Waals surface area contributed by atoms with Crippen molar-refractivity contribution in [1.29, 1.82) is 0 Å². The normalized spacial score (nSPS) is 16.3. The van der Waals surface area contributed by atoms with Gasteiger partial charge in [-0.05, 0) is 29.7 Å². The molecular weight excluding hydrogens is 388 g/mol. The molecule has 1 aliphatic heterocycles. The molecule has 3 rings (SSSR count). The first-order valence-corrected chi connectivity index (χ1v) is 11.1. The van der Waals surface area contributed by atoms with Crippen LogP contribution in [-0.4, -0.2) is 61.4 Å². The predicted octanol–water partition coefficient (Wildman–Crippen LogP) is 2.72. The highest BCUT2D eigenvalue weighted by atomic mass is 32.2. The summed E-state index contributed by atoms with van der Waals surface area (Å²) in [6.45, 7) is 3.09. The van der Waals surface area contributed by atoms with Gasteiger partial charge >= 0.3 is 5.97 Å². The van der Waals surface area contributed by atoms with Crippen molar-refractivity contribution in [3.63, 3.8) is 0 Å². The lowest BCUT2D eigenvalue weighted by molar-refractivity contribution is -0.136. The third-order valence-electron chi connectivity index (χ3n) is 4.99. The Morgan fingerprint density at radius 2 is 1.62 bits per heavy atom. The van der Waals surface area contributed by atoms with E-state index in [1.54, 1.807) is 24.3 Å². The number of piperazine rings is 1. The number of carbonyl (C=O) groups is 1. The van der Waals surface area contributed by atoms with Crippen LogP contribution in [0.4, 0.5) is 0 Å². The standard InChI is InChI=1S/C22H26N2O4S/c25-22(26)13-10-20-8-11-21(12-9-20)29(27,28)24-17-15-23(16-18-24)14-4-7-19-5-2-1-3-6-19/h1-9,11-12H,10,13-18H2,(H,25,26)/b7-4+. The first kappa shape index (κ1) is 21.2. The number of rotatable bonds is 8. The topological polar surface area (TPSA) is 77.9 Å². The second kappa shape index (κ2) is 9.82. The zero-order valence-corrected chi connectivity index (χ0v) is 17.1. The Balaban J connectivity index is 1.52. The second-order valence-electron chi connectivity index (χ2n) is 7.06. The van der Waals surface area contributed by atoms with Crippen molar-refractivity contribution in [3.05, 3.63) is 71.8 Å². The molecule has 0 bridgehead atoms. The van der Waals surface area contributed by atoms with Gasteiger partial charge in [-0.2, -0.15) is 4.31 Å². The maximum atomic E-state index is 12.9. The summed E-state index contributed by atoms with van der Waals surface area (Å²) in [5.41, 5.74) is 1.97. The summed E-state index contributed by atoms with van der Waals surface area (Å²) in [5, 5.41) is 8.75. The number of aliphatic carboxylic acids is 1. The fourth-order valence-electron chi connectivity index (χ4n) is 3.28.